The van der Waals surface area contributed by atoms with Crippen molar-refractivity contribution in [2.45, 2.75) is 37.8 Å². The number of benzene rings is 1. The maximum absolute atomic E-state index is 12.1. The van der Waals surface area contributed by atoms with Crippen LogP contribution in [0.4, 0.5) is 0 Å². The van der Waals surface area contributed by atoms with Gasteiger partial charge in [0.25, 0.3) is 5.91 Å². The second-order valence-electron chi connectivity index (χ2n) is 6.52. The molecule has 0 unspecified atom stereocenters. The molecule has 1 saturated carbocycles. The molecule has 1 aromatic heterocycles. The van der Waals surface area contributed by atoms with Crippen LogP contribution in [-0.2, 0) is 4.79 Å². The molecule has 1 heterocycles. The highest BCUT2D eigenvalue weighted by molar-refractivity contribution is 6.30. The molecule has 6 nitrogen and oxygen atoms in total. The largest absolute Gasteiger partial charge is 0.474 e. The molecule has 2 amide bonds. The van der Waals surface area contributed by atoms with Gasteiger partial charge in [0.05, 0.1) is 11.6 Å². The van der Waals surface area contributed by atoms with E-state index in [1.54, 1.807) is 42.6 Å². The molecule has 2 aromatic rings. The molecule has 7 heteroatoms. The molecule has 1 aliphatic carbocycles. The Morgan fingerprint density at radius 2 is 1.81 bits per heavy atom. The number of amides is 2. The van der Waals surface area contributed by atoms with Crippen LogP contribution in [0.5, 0.6) is 5.88 Å². The van der Waals surface area contributed by atoms with E-state index < -0.39 is 0 Å². The number of ether oxygens (including phenoxy) is 1. The number of hydrogen-bond acceptors (Lipinski definition) is 4. The van der Waals surface area contributed by atoms with Gasteiger partial charge >= 0.3 is 0 Å². The van der Waals surface area contributed by atoms with Crippen molar-refractivity contribution >= 4 is 23.4 Å². The number of carbonyl (C=O) groups is 2. The van der Waals surface area contributed by atoms with Gasteiger partial charge in [-0.25, -0.2) is 4.98 Å². The maximum atomic E-state index is 12.1. The molecule has 27 heavy (non-hydrogen) atoms. The van der Waals surface area contributed by atoms with E-state index in [9.17, 15) is 9.59 Å². The molecule has 142 valence electrons. The van der Waals surface area contributed by atoms with Crippen LogP contribution in [0.3, 0.4) is 0 Å². The first-order valence-corrected chi connectivity index (χ1v) is 9.39. The summed E-state index contributed by atoms with van der Waals surface area (Å²) in [6.07, 6.45) is 4.99. The van der Waals surface area contributed by atoms with Crippen molar-refractivity contribution in [2.24, 2.45) is 0 Å². The van der Waals surface area contributed by atoms with E-state index in [0.717, 1.165) is 25.7 Å². The molecule has 1 aromatic carbocycles. The first-order valence-electron chi connectivity index (χ1n) is 9.01. The van der Waals surface area contributed by atoms with Crippen LogP contribution >= 0.6 is 11.6 Å². The van der Waals surface area contributed by atoms with Crippen LogP contribution in [0, 0.1) is 0 Å². The van der Waals surface area contributed by atoms with Crippen molar-refractivity contribution < 1.29 is 14.3 Å². The van der Waals surface area contributed by atoms with Crippen molar-refractivity contribution in [3.05, 3.63) is 59.2 Å². The van der Waals surface area contributed by atoms with Gasteiger partial charge < -0.3 is 15.4 Å². The summed E-state index contributed by atoms with van der Waals surface area (Å²) in [5, 5.41) is 6.19. The zero-order valence-corrected chi connectivity index (χ0v) is 15.6. The standard InChI is InChI=1S/C20H22ClN3O3/c21-15-6-11-19(22-12-15)27-17-9-7-16(8-10-17)24-18(25)13-23-20(26)14-4-2-1-3-5-14/h1-6,11-12,16-17H,7-10,13H2,(H,23,26)(H,24,25). The third-order valence-electron chi connectivity index (χ3n) is 4.47. The summed E-state index contributed by atoms with van der Waals surface area (Å²) in [5.41, 5.74) is 0.541. The number of nitrogens with one attached hydrogen (secondary N) is 2. The van der Waals surface area contributed by atoms with Gasteiger partial charge in [0.15, 0.2) is 0 Å². The fraction of sp³-hybridized carbons (Fsp3) is 0.350. The summed E-state index contributed by atoms with van der Waals surface area (Å²) in [4.78, 5) is 28.2. The van der Waals surface area contributed by atoms with Gasteiger partial charge in [0.2, 0.25) is 11.8 Å². The van der Waals surface area contributed by atoms with Crippen molar-refractivity contribution in [3.63, 3.8) is 0 Å². The number of hydrogen-bond donors (Lipinski definition) is 2. The zero-order chi connectivity index (χ0) is 19.1. The van der Waals surface area contributed by atoms with Gasteiger partial charge in [0.1, 0.15) is 6.10 Å². The van der Waals surface area contributed by atoms with Crippen LogP contribution in [0.25, 0.3) is 0 Å². The zero-order valence-electron chi connectivity index (χ0n) is 14.9. The Morgan fingerprint density at radius 3 is 2.48 bits per heavy atom. The van der Waals surface area contributed by atoms with Gasteiger partial charge in [-0.05, 0) is 43.9 Å². The van der Waals surface area contributed by atoms with E-state index >= 15 is 0 Å². The predicted molar refractivity (Wildman–Crippen MR) is 103 cm³/mol. The Balaban J connectivity index is 1.36. The molecule has 0 radical (unpaired) electrons. The Bertz CT molecular complexity index is 760. The highest BCUT2D eigenvalue weighted by atomic mass is 35.5. The number of aromatic nitrogens is 1. The molecule has 2 N–H and O–H groups in total. The van der Waals surface area contributed by atoms with Crippen molar-refractivity contribution in [1.29, 1.82) is 0 Å². The fourth-order valence-corrected chi connectivity index (χ4v) is 3.17. The summed E-state index contributed by atoms with van der Waals surface area (Å²) in [6.45, 7) is -0.0289. The molecule has 0 bridgehead atoms. The Kier molecular flexibility index (Phi) is 6.65. The fourth-order valence-electron chi connectivity index (χ4n) is 3.06. The van der Waals surface area contributed by atoms with E-state index in [1.807, 2.05) is 6.07 Å². The topological polar surface area (TPSA) is 80.3 Å². The van der Waals surface area contributed by atoms with E-state index in [4.69, 9.17) is 16.3 Å². The minimum absolute atomic E-state index is 0.0289. The third kappa shape index (κ3) is 5.96. The SMILES string of the molecule is O=C(CNC(=O)c1ccccc1)NC1CCC(Oc2ccc(Cl)cn2)CC1. The van der Waals surface area contributed by atoms with E-state index in [0.29, 0.717) is 16.5 Å². The number of halogens is 1. The summed E-state index contributed by atoms with van der Waals surface area (Å²) >= 11 is 5.82. The Labute approximate surface area is 163 Å². The van der Waals surface area contributed by atoms with E-state index in [-0.39, 0.29) is 30.5 Å². The van der Waals surface area contributed by atoms with Crippen molar-refractivity contribution in [2.75, 3.05) is 6.54 Å². The smallest absolute Gasteiger partial charge is 0.251 e. The minimum Gasteiger partial charge on any atom is -0.474 e. The maximum Gasteiger partial charge on any atom is 0.251 e. The number of pyridine rings is 1. The first-order chi connectivity index (χ1) is 13.1. The first kappa shape index (κ1) is 19.2. The molecule has 1 fully saturated rings. The van der Waals surface area contributed by atoms with Crippen LogP contribution in [0.1, 0.15) is 36.0 Å². The van der Waals surface area contributed by atoms with Crippen LogP contribution in [-0.4, -0.2) is 35.5 Å². The number of carbonyl (C=O) groups excluding carboxylic acids is 2. The lowest BCUT2D eigenvalue weighted by atomic mass is 9.93. The van der Waals surface area contributed by atoms with Gasteiger partial charge in [-0.15, -0.1) is 0 Å². The predicted octanol–water partition coefficient (Wildman–Crippen LogP) is 2.97. The lowest BCUT2D eigenvalue weighted by molar-refractivity contribution is -0.121. The van der Waals surface area contributed by atoms with Crippen LogP contribution in [0.2, 0.25) is 5.02 Å². The third-order valence-corrected chi connectivity index (χ3v) is 4.70. The number of nitrogens with zero attached hydrogens (tertiary/aromatic N) is 1. The molecule has 0 saturated heterocycles. The second kappa shape index (κ2) is 9.37. The highest BCUT2D eigenvalue weighted by Gasteiger charge is 2.24. The van der Waals surface area contributed by atoms with Crippen molar-refractivity contribution in [3.8, 4) is 5.88 Å². The molecular formula is C20H22ClN3O3. The van der Waals surface area contributed by atoms with E-state index in [1.165, 1.54) is 0 Å². The van der Waals surface area contributed by atoms with E-state index in [2.05, 4.69) is 15.6 Å². The Hall–Kier alpha value is -2.60. The quantitative estimate of drug-likeness (QED) is 0.798. The lowest BCUT2D eigenvalue weighted by Gasteiger charge is -2.29. The summed E-state index contributed by atoms with van der Waals surface area (Å²) in [5.74, 6) is 0.136. The molecule has 0 aliphatic heterocycles. The van der Waals surface area contributed by atoms with Gasteiger partial charge in [-0.2, -0.15) is 0 Å². The second-order valence-corrected chi connectivity index (χ2v) is 6.96. The van der Waals surface area contributed by atoms with Crippen LogP contribution < -0.4 is 15.4 Å². The average Bonchev–Trinajstić information content (AvgIpc) is 2.70. The van der Waals surface area contributed by atoms with Gasteiger partial charge in [-0.1, -0.05) is 29.8 Å². The normalized spacial score (nSPS) is 19.1. The molecule has 0 atom stereocenters. The van der Waals surface area contributed by atoms with Gasteiger partial charge in [-0.3, -0.25) is 9.59 Å². The highest BCUT2D eigenvalue weighted by Crippen LogP contribution is 2.23. The summed E-state index contributed by atoms with van der Waals surface area (Å²) in [7, 11) is 0. The van der Waals surface area contributed by atoms with Gasteiger partial charge in [0, 0.05) is 23.9 Å². The molecular weight excluding hydrogens is 366 g/mol. The summed E-state index contributed by atoms with van der Waals surface area (Å²) < 4.78 is 5.85. The molecule has 0 spiro atoms. The summed E-state index contributed by atoms with van der Waals surface area (Å²) in [6, 6.07) is 12.4. The molecule has 3 rings (SSSR count). The molecule has 1 aliphatic rings. The van der Waals surface area contributed by atoms with Crippen molar-refractivity contribution in [1.82, 2.24) is 15.6 Å². The lowest BCUT2D eigenvalue weighted by Crippen LogP contribution is -2.44. The average molecular weight is 388 g/mol. The van der Waals surface area contributed by atoms with Crippen LogP contribution in [0.15, 0.2) is 48.7 Å². The number of rotatable bonds is 6. The Morgan fingerprint density at radius 1 is 1.07 bits per heavy atom. The minimum atomic E-state index is -0.252. The monoisotopic (exact) mass is 387 g/mol.